The number of hydrogen-bond donors (Lipinski definition) is 0. The quantitative estimate of drug-likeness (QED) is 0.846. The highest BCUT2D eigenvalue weighted by molar-refractivity contribution is 5.94. The molecule has 0 heterocycles. The van der Waals surface area contributed by atoms with E-state index in [4.69, 9.17) is 4.74 Å². The minimum absolute atomic E-state index is 0.144. The van der Waals surface area contributed by atoms with Gasteiger partial charge >= 0.3 is 6.09 Å². The molecule has 0 saturated heterocycles. The smallest absolute Gasteiger partial charge is 0.417 e. The van der Waals surface area contributed by atoms with Crippen LogP contribution in [0.2, 0.25) is 0 Å². The summed E-state index contributed by atoms with van der Waals surface area (Å²) in [5, 5.41) is 0. The van der Waals surface area contributed by atoms with Gasteiger partial charge in [0.25, 0.3) is 0 Å². The maximum Gasteiger partial charge on any atom is 0.417 e. The molecule has 0 N–H and O–H groups in total. The highest BCUT2D eigenvalue weighted by atomic mass is 16.6. The van der Waals surface area contributed by atoms with Gasteiger partial charge in [0.2, 0.25) is 5.91 Å². The number of ether oxygens (including phenoxy) is 1. The Labute approximate surface area is 143 Å². The van der Waals surface area contributed by atoms with E-state index in [0.29, 0.717) is 0 Å². The van der Waals surface area contributed by atoms with Crippen molar-refractivity contribution < 1.29 is 14.3 Å². The van der Waals surface area contributed by atoms with Gasteiger partial charge in [-0.05, 0) is 31.9 Å². The van der Waals surface area contributed by atoms with E-state index in [1.807, 2.05) is 81.4 Å². The Bertz CT molecular complexity index is 675. The Morgan fingerprint density at radius 3 is 1.88 bits per heavy atom. The molecule has 2 rings (SSSR count). The molecule has 0 aliphatic carbocycles. The van der Waals surface area contributed by atoms with Crippen LogP contribution in [0.1, 0.15) is 31.9 Å². The number of imide groups is 1. The van der Waals surface area contributed by atoms with Crippen LogP contribution in [0.5, 0.6) is 0 Å². The highest BCUT2D eigenvalue weighted by Crippen LogP contribution is 2.18. The molecule has 4 nitrogen and oxygen atoms in total. The van der Waals surface area contributed by atoms with E-state index in [-0.39, 0.29) is 18.9 Å². The fourth-order valence-electron chi connectivity index (χ4n) is 2.38. The number of benzene rings is 2. The van der Waals surface area contributed by atoms with Crippen LogP contribution in [0.3, 0.4) is 0 Å². The summed E-state index contributed by atoms with van der Waals surface area (Å²) in [6.07, 6.45) is -0.453. The third-order valence-electron chi connectivity index (χ3n) is 3.51. The Balaban J connectivity index is 2.07. The molecule has 0 saturated carbocycles. The Morgan fingerprint density at radius 2 is 1.38 bits per heavy atom. The molecule has 2 aromatic carbocycles. The summed E-state index contributed by atoms with van der Waals surface area (Å²) in [7, 11) is 0. The zero-order valence-corrected chi connectivity index (χ0v) is 14.4. The second-order valence-corrected chi connectivity index (χ2v) is 6.60. The number of amides is 2. The lowest BCUT2D eigenvalue weighted by atomic mass is 10.0. The van der Waals surface area contributed by atoms with Crippen molar-refractivity contribution >= 4 is 12.0 Å². The molecule has 126 valence electrons. The van der Waals surface area contributed by atoms with Crippen LogP contribution < -0.4 is 0 Å². The normalized spacial score (nSPS) is 11.0. The minimum Gasteiger partial charge on any atom is -0.444 e. The average molecular weight is 325 g/mol. The third kappa shape index (κ3) is 4.95. The van der Waals surface area contributed by atoms with Gasteiger partial charge in [0, 0.05) is 5.54 Å². The number of nitrogens with zero attached hydrogens (tertiary/aromatic N) is 1. The standard InChI is InChI=1S/C20H23NO3/c1-20(2,3)21(18(22)14-16-10-6-4-7-11-16)19(23)24-15-17-12-8-5-9-13-17/h4-13H,14-15H2,1-3H3. The lowest BCUT2D eigenvalue weighted by Crippen LogP contribution is -2.50. The van der Waals surface area contributed by atoms with E-state index < -0.39 is 11.6 Å². The average Bonchev–Trinajstić information content (AvgIpc) is 2.53. The van der Waals surface area contributed by atoms with Crippen molar-refractivity contribution in [2.24, 2.45) is 0 Å². The van der Waals surface area contributed by atoms with Crippen LogP contribution in [0, 0.1) is 0 Å². The van der Waals surface area contributed by atoms with Gasteiger partial charge in [0.15, 0.2) is 0 Å². The van der Waals surface area contributed by atoms with Crippen LogP contribution >= 0.6 is 0 Å². The van der Waals surface area contributed by atoms with Gasteiger partial charge in [-0.3, -0.25) is 4.79 Å². The Hall–Kier alpha value is -2.62. The fraction of sp³-hybridized carbons (Fsp3) is 0.300. The van der Waals surface area contributed by atoms with Crippen molar-refractivity contribution in [1.82, 2.24) is 4.90 Å². The molecule has 24 heavy (non-hydrogen) atoms. The lowest BCUT2D eigenvalue weighted by molar-refractivity contribution is -0.132. The molecule has 0 radical (unpaired) electrons. The molecule has 0 unspecified atom stereocenters. The molecule has 0 atom stereocenters. The topological polar surface area (TPSA) is 46.6 Å². The van der Waals surface area contributed by atoms with Crippen molar-refractivity contribution in [1.29, 1.82) is 0 Å². The maximum atomic E-state index is 12.6. The minimum atomic E-state index is -0.653. The van der Waals surface area contributed by atoms with Gasteiger partial charge in [-0.2, -0.15) is 0 Å². The summed E-state index contributed by atoms with van der Waals surface area (Å²) in [6.45, 7) is 5.60. The van der Waals surface area contributed by atoms with E-state index in [1.165, 1.54) is 4.90 Å². The van der Waals surface area contributed by atoms with Gasteiger partial charge in [0.05, 0.1) is 6.42 Å². The first-order valence-corrected chi connectivity index (χ1v) is 7.95. The predicted octanol–water partition coefficient (Wildman–Crippen LogP) is 4.19. The van der Waals surface area contributed by atoms with Gasteiger partial charge in [-0.1, -0.05) is 60.7 Å². The number of carbonyl (C=O) groups excluding carboxylic acids is 2. The monoisotopic (exact) mass is 325 g/mol. The Kier molecular flexibility index (Phi) is 5.74. The van der Waals surface area contributed by atoms with E-state index in [0.717, 1.165) is 11.1 Å². The van der Waals surface area contributed by atoms with Gasteiger partial charge in [0.1, 0.15) is 6.61 Å². The predicted molar refractivity (Wildman–Crippen MR) is 93.4 cm³/mol. The van der Waals surface area contributed by atoms with Crippen molar-refractivity contribution in [2.75, 3.05) is 0 Å². The SMILES string of the molecule is CC(C)(C)N(C(=O)Cc1ccccc1)C(=O)OCc1ccccc1. The van der Waals surface area contributed by atoms with E-state index in [9.17, 15) is 9.59 Å². The molecule has 0 fully saturated rings. The number of rotatable bonds is 4. The summed E-state index contributed by atoms with van der Waals surface area (Å²) in [5.41, 5.74) is 1.10. The van der Waals surface area contributed by atoms with Crippen molar-refractivity contribution in [3.8, 4) is 0 Å². The van der Waals surface area contributed by atoms with Crippen molar-refractivity contribution in [3.63, 3.8) is 0 Å². The van der Waals surface area contributed by atoms with Crippen molar-refractivity contribution in [3.05, 3.63) is 71.8 Å². The van der Waals surface area contributed by atoms with Gasteiger partial charge < -0.3 is 4.74 Å². The van der Waals surface area contributed by atoms with Crippen molar-refractivity contribution in [2.45, 2.75) is 39.3 Å². The van der Waals surface area contributed by atoms with Crippen LogP contribution in [-0.2, 0) is 22.6 Å². The number of hydrogen-bond acceptors (Lipinski definition) is 3. The molecule has 0 aliphatic rings. The molecule has 4 heteroatoms. The first-order chi connectivity index (χ1) is 11.4. The lowest BCUT2D eigenvalue weighted by Gasteiger charge is -2.33. The first-order valence-electron chi connectivity index (χ1n) is 7.95. The fourth-order valence-corrected chi connectivity index (χ4v) is 2.38. The molecule has 0 spiro atoms. The molecule has 0 bridgehead atoms. The maximum absolute atomic E-state index is 12.6. The molecule has 2 amide bonds. The van der Waals surface area contributed by atoms with Crippen LogP contribution in [-0.4, -0.2) is 22.4 Å². The van der Waals surface area contributed by atoms with E-state index in [1.54, 1.807) is 0 Å². The molecule has 0 aromatic heterocycles. The largest absolute Gasteiger partial charge is 0.444 e. The Morgan fingerprint density at radius 1 is 0.875 bits per heavy atom. The van der Waals surface area contributed by atoms with E-state index >= 15 is 0 Å². The molecular weight excluding hydrogens is 302 g/mol. The highest BCUT2D eigenvalue weighted by Gasteiger charge is 2.33. The summed E-state index contributed by atoms with van der Waals surface area (Å²) in [4.78, 5) is 26.3. The number of carbonyl (C=O) groups is 2. The van der Waals surface area contributed by atoms with Crippen LogP contribution in [0.25, 0.3) is 0 Å². The second kappa shape index (κ2) is 7.77. The van der Waals surface area contributed by atoms with Crippen LogP contribution in [0.4, 0.5) is 4.79 Å². The van der Waals surface area contributed by atoms with Crippen LogP contribution in [0.15, 0.2) is 60.7 Å². The van der Waals surface area contributed by atoms with E-state index in [2.05, 4.69) is 0 Å². The molecule has 2 aromatic rings. The summed E-state index contributed by atoms with van der Waals surface area (Å²) < 4.78 is 5.34. The second-order valence-electron chi connectivity index (χ2n) is 6.60. The van der Waals surface area contributed by atoms with Gasteiger partial charge in [-0.15, -0.1) is 0 Å². The summed E-state index contributed by atoms with van der Waals surface area (Å²) in [5.74, 6) is -0.272. The summed E-state index contributed by atoms with van der Waals surface area (Å²) in [6, 6.07) is 18.8. The zero-order valence-electron chi connectivity index (χ0n) is 14.4. The van der Waals surface area contributed by atoms with Gasteiger partial charge in [-0.25, -0.2) is 9.69 Å². The molecular formula is C20H23NO3. The zero-order chi connectivity index (χ0) is 17.6. The first kappa shape index (κ1) is 17.7. The summed E-state index contributed by atoms with van der Waals surface area (Å²) >= 11 is 0. The molecule has 0 aliphatic heterocycles. The third-order valence-corrected chi connectivity index (χ3v) is 3.51.